The van der Waals surface area contributed by atoms with Crippen LogP contribution in [0.4, 0.5) is 4.39 Å². The Bertz CT molecular complexity index is 884. The molecule has 0 aliphatic heterocycles. The van der Waals surface area contributed by atoms with Gasteiger partial charge in [0.15, 0.2) is 5.96 Å². The van der Waals surface area contributed by atoms with Crippen LogP contribution in [0, 0.1) is 12.7 Å². The van der Waals surface area contributed by atoms with Crippen molar-refractivity contribution in [2.45, 2.75) is 19.9 Å². The maximum absolute atomic E-state index is 13.2. The quantitative estimate of drug-likeness (QED) is 0.555. The molecule has 0 saturated heterocycles. The number of fused-ring (bicyclic) bond motifs is 1. The zero-order valence-electron chi connectivity index (χ0n) is 14.5. The van der Waals surface area contributed by atoms with E-state index < -0.39 is 0 Å². The minimum atomic E-state index is -0.232. The van der Waals surface area contributed by atoms with Crippen molar-refractivity contribution in [2.24, 2.45) is 4.99 Å². The number of pyridine rings is 1. The Labute approximate surface area is 146 Å². The van der Waals surface area contributed by atoms with Gasteiger partial charge >= 0.3 is 0 Å². The van der Waals surface area contributed by atoms with Gasteiger partial charge < -0.3 is 15.0 Å². The van der Waals surface area contributed by atoms with Crippen molar-refractivity contribution >= 4 is 11.6 Å². The largest absolute Gasteiger partial charge is 0.356 e. The van der Waals surface area contributed by atoms with Crippen LogP contribution in [0.1, 0.15) is 16.8 Å². The normalized spacial score (nSPS) is 11.7. The Balaban J connectivity index is 1.51. The van der Waals surface area contributed by atoms with Gasteiger partial charge in [-0.1, -0.05) is 18.2 Å². The first-order chi connectivity index (χ1) is 12.2. The van der Waals surface area contributed by atoms with Crippen molar-refractivity contribution in [1.29, 1.82) is 0 Å². The van der Waals surface area contributed by atoms with Gasteiger partial charge in [-0.05, 0) is 36.2 Å². The molecule has 3 rings (SSSR count). The van der Waals surface area contributed by atoms with E-state index >= 15 is 0 Å². The summed E-state index contributed by atoms with van der Waals surface area (Å²) < 4.78 is 15.2. The summed E-state index contributed by atoms with van der Waals surface area (Å²) in [4.78, 5) is 8.85. The van der Waals surface area contributed by atoms with E-state index in [0.717, 1.165) is 28.9 Å². The Hall–Kier alpha value is -2.89. The molecule has 3 aromatic rings. The molecule has 0 unspecified atom stereocenters. The summed E-state index contributed by atoms with van der Waals surface area (Å²) in [7, 11) is 1.72. The van der Waals surface area contributed by atoms with Gasteiger partial charge in [-0.2, -0.15) is 0 Å². The van der Waals surface area contributed by atoms with Gasteiger partial charge in [0.1, 0.15) is 11.5 Å². The van der Waals surface area contributed by atoms with Gasteiger partial charge in [-0.3, -0.25) is 4.99 Å². The molecule has 130 valence electrons. The summed E-state index contributed by atoms with van der Waals surface area (Å²) in [6, 6.07) is 10.6. The minimum Gasteiger partial charge on any atom is -0.356 e. The van der Waals surface area contributed by atoms with E-state index in [-0.39, 0.29) is 5.82 Å². The van der Waals surface area contributed by atoms with E-state index in [9.17, 15) is 4.39 Å². The number of aryl methyl sites for hydroxylation is 1. The monoisotopic (exact) mass is 339 g/mol. The maximum atomic E-state index is 13.2. The summed E-state index contributed by atoms with van der Waals surface area (Å²) in [6.07, 6.45) is 4.85. The molecule has 5 nitrogen and oxygen atoms in total. The fraction of sp³-hybridized carbons (Fsp3) is 0.263. The average molecular weight is 339 g/mol. The Kier molecular flexibility index (Phi) is 5.28. The van der Waals surface area contributed by atoms with E-state index in [1.165, 1.54) is 12.1 Å². The van der Waals surface area contributed by atoms with Crippen LogP contribution in [0.25, 0.3) is 5.65 Å². The molecular formula is C19H22FN5. The Morgan fingerprint density at radius 1 is 1.24 bits per heavy atom. The number of aromatic nitrogens is 2. The second kappa shape index (κ2) is 7.79. The SMILES string of the molecule is CN=C(NCCc1cn2cccc(C)c2n1)NCc1cccc(F)c1. The molecule has 0 saturated carbocycles. The van der Waals surface area contributed by atoms with Crippen LogP contribution in [0.5, 0.6) is 0 Å². The van der Waals surface area contributed by atoms with Crippen LogP contribution in [0.3, 0.4) is 0 Å². The number of rotatable bonds is 5. The smallest absolute Gasteiger partial charge is 0.191 e. The summed E-state index contributed by atoms with van der Waals surface area (Å²) >= 11 is 0. The predicted molar refractivity (Wildman–Crippen MR) is 98.2 cm³/mol. The van der Waals surface area contributed by atoms with Crippen LogP contribution in [0.15, 0.2) is 53.8 Å². The van der Waals surface area contributed by atoms with E-state index in [1.54, 1.807) is 13.1 Å². The predicted octanol–water partition coefficient (Wildman–Crippen LogP) is 2.69. The topological polar surface area (TPSA) is 53.7 Å². The van der Waals surface area contributed by atoms with Crippen LogP contribution in [-0.4, -0.2) is 28.9 Å². The number of guanidine groups is 1. The molecule has 0 aliphatic carbocycles. The highest BCUT2D eigenvalue weighted by atomic mass is 19.1. The third-order valence-electron chi connectivity index (χ3n) is 3.97. The maximum Gasteiger partial charge on any atom is 0.191 e. The zero-order valence-corrected chi connectivity index (χ0v) is 14.5. The fourth-order valence-corrected chi connectivity index (χ4v) is 2.69. The number of benzene rings is 1. The Morgan fingerprint density at radius 2 is 2.12 bits per heavy atom. The van der Waals surface area contributed by atoms with E-state index in [4.69, 9.17) is 0 Å². The molecule has 0 aliphatic rings. The first kappa shape index (κ1) is 17.0. The fourth-order valence-electron chi connectivity index (χ4n) is 2.69. The van der Waals surface area contributed by atoms with Crippen molar-refractivity contribution in [3.63, 3.8) is 0 Å². The molecule has 0 fully saturated rings. The van der Waals surface area contributed by atoms with Crippen molar-refractivity contribution in [1.82, 2.24) is 20.0 Å². The first-order valence-corrected chi connectivity index (χ1v) is 8.28. The van der Waals surface area contributed by atoms with Gasteiger partial charge in [0.05, 0.1) is 5.69 Å². The lowest BCUT2D eigenvalue weighted by molar-refractivity contribution is 0.624. The minimum absolute atomic E-state index is 0.232. The molecule has 1 aromatic carbocycles. The third kappa shape index (κ3) is 4.35. The molecular weight excluding hydrogens is 317 g/mol. The summed E-state index contributed by atoms with van der Waals surface area (Å²) in [6.45, 7) is 3.29. The lowest BCUT2D eigenvalue weighted by Crippen LogP contribution is -2.37. The highest BCUT2D eigenvalue weighted by Gasteiger charge is 2.04. The standard InChI is InChI=1S/C19H22FN5/c1-14-5-4-10-25-13-17(24-18(14)25)8-9-22-19(21-2)23-12-15-6-3-7-16(20)11-15/h3-7,10-11,13H,8-9,12H2,1-2H3,(H2,21,22,23). The van der Waals surface area contributed by atoms with Gasteiger partial charge in [-0.15, -0.1) is 0 Å². The molecule has 2 heterocycles. The van der Waals surface area contributed by atoms with Gasteiger partial charge in [-0.25, -0.2) is 9.37 Å². The molecule has 2 aromatic heterocycles. The van der Waals surface area contributed by atoms with Crippen LogP contribution in [-0.2, 0) is 13.0 Å². The molecule has 0 bridgehead atoms. The molecule has 6 heteroatoms. The number of hydrogen-bond acceptors (Lipinski definition) is 2. The lowest BCUT2D eigenvalue weighted by Gasteiger charge is -2.11. The summed E-state index contributed by atoms with van der Waals surface area (Å²) in [5, 5.41) is 6.44. The highest BCUT2D eigenvalue weighted by Crippen LogP contribution is 2.10. The van der Waals surface area contributed by atoms with Gasteiger partial charge in [0.25, 0.3) is 0 Å². The molecule has 0 spiro atoms. The van der Waals surface area contributed by atoms with Crippen molar-refractivity contribution < 1.29 is 4.39 Å². The van der Waals surface area contributed by atoms with Crippen LogP contribution < -0.4 is 10.6 Å². The van der Waals surface area contributed by atoms with Gasteiger partial charge in [0.2, 0.25) is 0 Å². The first-order valence-electron chi connectivity index (χ1n) is 8.28. The molecule has 25 heavy (non-hydrogen) atoms. The Morgan fingerprint density at radius 3 is 2.88 bits per heavy atom. The molecule has 2 N–H and O–H groups in total. The number of aliphatic imine (C=N–C) groups is 1. The average Bonchev–Trinajstić information content (AvgIpc) is 3.02. The third-order valence-corrected chi connectivity index (χ3v) is 3.97. The number of nitrogens with zero attached hydrogens (tertiary/aromatic N) is 3. The van der Waals surface area contributed by atoms with Crippen LogP contribution in [0.2, 0.25) is 0 Å². The highest BCUT2D eigenvalue weighted by molar-refractivity contribution is 5.79. The van der Waals surface area contributed by atoms with E-state index in [0.29, 0.717) is 19.0 Å². The molecule has 0 radical (unpaired) electrons. The van der Waals surface area contributed by atoms with Crippen LogP contribution >= 0.6 is 0 Å². The van der Waals surface area contributed by atoms with Crippen molar-refractivity contribution in [3.8, 4) is 0 Å². The number of halogens is 1. The van der Waals surface area contributed by atoms with E-state index in [2.05, 4.69) is 33.6 Å². The number of hydrogen-bond donors (Lipinski definition) is 2. The molecule has 0 atom stereocenters. The number of imidazole rings is 1. The zero-order chi connectivity index (χ0) is 17.6. The summed E-state index contributed by atoms with van der Waals surface area (Å²) in [5.74, 6) is 0.452. The number of nitrogens with one attached hydrogen (secondary N) is 2. The second-order valence-electron chi connectivity index (χ2n) is 5.89. The van der Waals surface area contributed by atoms with E-state index in [1.807, 2.05) is 28.9 Å². The van der Waals surface area contributed by atoms with Gasteiger partial charge in [0, 0.05) is 39.0 Å². The molecule has 0 amide bonds. The second-order valence-corrected chi connectivity index (χ2v) is 5.89. The van der Waals surface area contributed by atoms with Crippen molar-refractivity contribution in [2.75, 3.05) is 13.6 Å². The summed E-state index contributed by atoms with van der Waals surface area (Å²) in [5.41, 5.74) is 4.06. The van der Waals surface area contributed by atoms with Crippen molar-refractivity contribution in [3.05, 3.63) is 71.4 Å². The lowest BCUT2D eigenvalue weighted by atomic mass is 10.2.